The van der Waals surface area contributed by atoms with Gasteiger partial charge < -0.3 is 9.47 Å². The van der Waals surface area contributed by atoms with Crippen LogP contribution < -0.4 is 9.47 Å². The summed E-state index contributed by atoms with van der Waals surface area (Å²) in [6.45, 7) is 0.219. The standard InChI is InChI=1S/C27H30O2/c1-3-7-24(8-4-1)25-17-13-22(14-18-25)11-12-23-15-19-27(20-16-23)29-21-28-26-9-5-2-6-10-26/h2,5-6,9-10,13-20,24H,1,3-4,7-8,11-12,21H2. The monoisotopic (exact) mass is 386 g/mol. The molecule has 0 unspecified atom stereocenters. The van der Waals surface area contributed by atoms with Crippen LogP contribution in [0.1, 0.15) is 54.7 Å². The number of rotatable bonds is 8. The van der Waals surface area contributed by atoms with Crippen LogP contribution >= 0.6 is 0 Å². The molecular formula is C27H30O2. The maximum Gasteiger partial charge on any atom is 0.230 e. The van der Waals surface area contributed by atoms with Crippen molar-refractivity contribution >= 4 is 0 Å². The quantitative estimate of drug-likeness (QED) is 0.391. The smallest absolute Gasteiger partial charge is 0.230 e. The molecule has 0 aliphatic heterocycles. The fourth-order valence-electron chi connectivity index (χ4n) is 4.12. The van der Waals surface area contributed by atoms with Crippen molar-refractivity contribution in [3.63, 3.8) is 0 Å². The molecule has 4 rings (SSSR count). The molecule has 0 aromatic heterocycles. The lowest BCUT2D eigenvalue weighted by atomic mass is 9.84. The van der Waals surface area contributed by atoms with Gasteiger partial charge in [-0.2, -0.15) is 0 Å². The second-order valence-corrected chi connectivity index (χ2v) is 7.94. The van der Waals surface area contributed by atoms with E-state index in [9.17, 15) is 0 Å². The Morgan fingerprint density at radius 2 is 1.14 bits per heavy atom. The SMILES string of the molecule is c1ccc(OCOc2ccc(CCc3ccc(C4CCCCC4)cc3)cc2)cc1. The summed E-state index contributed by atoms with van der Waals surface area (Å²) in [7, 11) is 0. The highest BCUT2D eigenvalue weighted by molar-refractivity contribution is 5.30. The van der Waals surface area contributed by atoms with Gasteiger partial charge in [0.25, 0.3) is 0 Å². The van der Waals surface area contributed by atoms with Crippen LogP contribution in [-0.2, 0) is 12.8 Å². The van der Waals surface area contributed by atoms with E-state index in [1.807, 2.05) is 42.5 Å². The third kappa shape index (κ3) is 5.87. The van der Waals surface area contributed by atoms with Crippen molar-refractivity contribution in [3.05, 3.63) is 95.6 Å². The first kappa shape index (κ1) is 19.6. The minimum atomic E-state index is 0.219. The Kier molecular flexibility index (Phi) is 6.85. The molecule has 1 aliphatic rings. The average Bonchev–Trinajstić information content (AvgIpc) is 2.80. The molecule has 150 valence electrons. The largest absolute Gasteiger partial charge is 0.458 e. The van der Waals surface area contributed by atoms with Gasteiger partial charge in [0.15, 0.2) is 0 Å². The maximum absolute atomic E-state index is 5.68. The molecule has 0 atom stereocenters. The van der Waals surface area contributed by atoms with Crippen LogP contribution in [0.25, 0.3) is 0 Å². The Morgan fingerprint density at radius 1 is 0.586 bits per heavy atom. The van der Waals surface area contributed by atoms with Crippen molar-refractivity contribution in [1.82, 2.24) is 0 Å². The zero-order valence-electron chi connectivity index (χ0n) is 17.1. The van der Waals surface area contributed by atoms with Gasteiger partial charge in [0.2, 0.25) is 6.79 Å². The lowest BCUT2D eigenvalue weighted by molar-refractivity contribution is 0.120. The molecule has 1 fully saturated rings. The fourth-order valence-corrected chi connectivity index (χ4v) is 4.12. The number of aryl methyl sites for hydroxylation is 2. The van der Waals surface area contributed by atoms with Crippen molar-refractivity contribution in [2.24, 2.45) is 0 Å². The van der Waals surface area contributed by atoms with E-state index < -0.39 is 0 Å². The average molecular weight is 387 g/mol. The number of para-hydroxylation sites is 1. The Hall–Kier alpha value is -2.74. The summed E-state index contributed by atoms with van der Waals surface area (Å²) in [6, 6.07) is 27.4. The van der Waals surface area contributed by atoms with E-state index in [4.69, 9.17) is 9.47 Å². The molecule has 1 saturated carbocycles. The predicted molar refractivity (Wildman–Crippen MR) is 119 cm³/mol. The molecule has 3 aromatic carbocycles. The van der Waals surface area contributed by atoms with Gasteiger partial charge in [-0.15, -0.1) is 0 Å². The summed E-state index contributed by atoms with van der Waals surface area (Å²) in [5.74, 6) is 2.44. The molecule has 0 amide bonds. The van der Waals surface area contributed by atoms with Crippen molar-refractivity contribution in [2.45, 2.75) is 50.9 Å². The summed E-state index contributed by atoms with van der Waals surface area (Å²) in [4.78, 5) is 0. The number of hydrogen-bond donors (Lipinski definition) is 0. The van der Waals surface area contributed by atoms with E-state index in [-0.39, 0.29) is 6.79 Å². The summed E-state index contributed by atoms with van der Waals surface area (Å²) in [5, 5.41) is 0. The molecule has 0 radical (unpaired) electrons. The van der Waals surface area contributed by atoms with Crippen molar-refractivity contribution in [1.29, 1.82) is 0 Å². The highest BCUT2D eigenvalue weighted by atomic mass is 16.7. The fraction of sp³-hybridized carbons (Fsp3) is 0.333. The number of benzene rings is 3. The van der Waals surface area contributed by atoms with Gasteiger partial charge in [-0.25, -0.2) is 0 Å². The Labute approximate surface area is 174 Å². The molecule has 1 aliphatic carbocycles. The molecule has 0 spiro atoms. The second kappa shape index (κ2) is 10.2. The van der Waals surface area contributed by atoms with E-state index in [2.05, 4.69) is 36.4 Å². The Bertz CT molecular complexity index is 847. The predicted octanol–water partition coefficient (Wildman–Crippen LogP) is 6.93. The van der Waals surface area contributed by atoms with Gasteiger partial charge in [-0.1, -0.05) is 73.9 Å². The van der Waals surface area contributed by atoms with Crippen molar-refractivity contribution in [3.8, 4) is 11.5 Å². The summed E-state index contributed by atoms with van der Waals surface area (Å²) >= 11 is 0. The highest BCUT2D eigenvalue weighted by Crippen LogP contribution is 2.32. The molecule has 0 heterocycles. The van der Waals surface area contributed by atoms with Gasteiger partial charge in [-0.3, -0.25) is 0 Å². The first-order valence-corrected chi connectivity index (χ1v) is 10.9. The minimum absolute atomic E-state index is 0.219. The van der Waals surface area contributed by atoms with Crippen molar-refractivity contribution < 1.29 is 9.47 Å². The van der Waals surface area contributed by atoms with Gasteiger partial charge >= 0.3 is 0 Å². The molecule has 0 N–H and O–H groups in total. The van der Waals surface area contributed by atoms with E-state index in [0.29, 0.717) is 0 Å². The second-order valence-electron chi connectivity index (χ2n) is 7.94. The molecule has 2 nitrogen and oxygen atoms in total. The normalized spacial score (nSPS) is 14.5. The van der Waals surface area contributed by atoms with Crippen LogP contribution in [-0.4, -0.2) is 6.79 Å². The van der Waals surface area contributed by atoms with Crippen LogP contribution in [0.15, 0.2) is 78.9 Å². The maximum atomic E-state index is 5.68. The Balaban J connectivity index is 1.22. The van der Waals surface area contributed by atoms with E-state index in [1.165, 1.54) is 48.8 Å². The molecule has 3 aromatic rings. The van der Waals surface area contributed by atoms with E-state index in [1.54, 1.807) is 0 Å². The van der Waals surface area contributed by atoms with Gasteiger partial charge in [0.1, 0.15) is 11.5 Å². The number of ether oxygens (including phenoxy) is 2. The lowest BCUT2D eigenvalue weighted by Gasteiger charge is -2.22. The van der Waals surface area contributed by atoms with Crippen LogP contribution in [0.3, 0.4) is 0 Å². The minimum Gasteiger partial charge on any atom is -0.458 e. The van der Waals surface area contributed by atoms with Crippen LogP contribution in [0, 0.1) is 0 Å². The zero-order chi connectivity index (χ0) is 19.7. The first-order chi connectivity index (χ1) is 14.4. The van der Waals surface area contributed by atoms with Crippen LogP contribution in [0.5, 0.6) is 11.5 Å². The third-order valence-corrected chi connectivity index (χ3v) is 5.88. The molecule has 0 bridgehead atoms. The highest BCUT2D eigenvalue weighted by Gasteiger charge is 2.14. The molecule has 29 heavy (non-hydrogen) atoms. The van der Waals surface area contributed by atoms with E-state index in [0.717, 1.165) is 30.3 Å². The van der Waals surface area contributed by atoms with Gasteiger partial charge in [-0.05, 0) is 72.6 Å². The summed E-state index contributed by atoms with van der Waals surface area (Å²) in [6.07, 6.45) is 9.05. The van der Waals surface area contributed by atoms with Crippen molar-refractivity contribution in [2.75, 3.05) is 6.79 Å². The molecule has 2 heteroatoms. The molecular weight excluding hydrogens is 356 g/mol. The summed E-state index contributed by atoms with van der Waals surface area (Å²) < 4.78 is 11.3. The van der Waals surface area contributed by atoms with Crippen LogP contribution in [0.2, 0.25) is 0 Å². The van der Waals surface area contributed by atoms with E-state index >= 15 is 0 Å². The third-order valence-electron chi connectivity index (χ3n) is 5.88. The first-order valence-electron chi connectivity index (χ1n) is 10.9. The lowest BCUT2D eigenvalue weighted by Crippen LogP contribution is -2.05. The number of hydrogen-bond acceptors (Lipinski definition) is 2. The Morgan fingerprint density at radius 3 is 1.76 bits per heavy atom. The topological polar surface area (TPSA) is 18.5 Å². The zero-order valence-corrected chi connectivity index (χ0v) is 17.1. The van der Waals surface area contributed by atoms with Gasteiger partial charge in [0, 0.05) is 0 Å². The van der Waals surface area contributed by atoms with Gasteiger partial charge in [0.05, 0.1) is 0 Å². The summed E-state index contributed by atoms with van der Waals surface area (Å²) in [5.41, 5.74) is 4.28. The van der Waals surface area contributed by atoms with Crippen LogP contribution in [0.4, 0.5) is 0 Å². The molecule has 0 saturated heterocycles.